The highest BCUT2D eigenvalue weighted by Gasteiger charge is 2.39. The number of ether oxygens (including phenoxy) is 1. The van der Waals surface area contributed by atoms with Crippen molar-refractivity contribution in [1.29, 1.82) is 0 Å². The molecule has 21 heavy (non-hydrogen) atoms. The molecule has 1 unspecified atom stereocenters. The number of nitrogens with zero attached hydrogens (tertiary/aromatic N) is 4. The van der Waals surface area contributed by atoms with Gasteiger partial charge in [0.15, 0.2) is 0 Å². The van der Waals surface area contributed by atoms with E-state index in [2.05, 4.69) is 20.4 Å². The molecule has 1 aliphatic heterocycles. The zero-order valence-corrected chi connectivity index (χ0v) is 12.2. The van der Waals surface area contributed by atoms with Crippen LogP contribution in [0.2, 0.25) is 0 Å². The molecule has 0 saturated carbocycles. The first kappa shape index (κ1) is 16.2. The van der Waals surface area contributed by atoms with Crippen molar-refractivity contribution >= 4 is 0 Å². The lowest BCUT2D eigenvalue weighted by Crippen LogP contribution is -2.46. The molecule has 6 nitrogen and oxygen atoms in total. The molecule has 0 saturated heterocycles. The smallest absolute Gasteiger partial charge is 0.383 e. The number of aromatic nitrogens is 3. The Hall–Kier alpha value is -1.19. The van der Waals surface area contributed by atoms with Gasteiger partial charge in [-0.1, -0.05) is 6.92 Å². The lowest BCUT2D eigenvalue weighted by molar-refractivity contribution is -0.148. The quantitative estimate of drug-likeness (QED) is 0.840. The molecule has 0 bridgehead atoms. The normalized spacial score (nSPS) is 17.8. The average Bonchev–Trinajstić information content (AvgIpc) is 2.82. The number of hydrogen-bond acceptors (Lipinski definition) is 5. The summed E-state index contributed by atoms with van der Waals surface area (Å²) in [4.78, 5) is 2.07. The zero-order valence-electron chi connectivity index (χ0n) is 12.2. The summed E-state index contributed by atoms with van der Waals surface area (Å²) in [6, 6.07) is 0.150. The summed E-state index contributed by atoms with van der Waals surface area (Å²) in [6.07, 6.45) is -4.45. The van der Waals surface area contributed by atoms with E-state index in [9.17, 15) is 13.2 Å². The van der Waals surface area contributed by atoms with Crippen LogP contribution < -0.4 is 5.32 Å². The molecule has 1 aliphatic rings. The second kappa shape index (κ2) is 6.71. The molecular weight excluding hydrogens is 287 g/mol. The number of nitrogens with one attached hydrogen (secondary N) is 1. The van der Waals surface area contributed by atoms with Crippen LogP contribution in [0.15, 0.2) is 0 Å². The van der Waals surface area contributed by atoms with Crippen LogP contribution >= 0.6 is 0 Å². The number of alkyl halides is 3. The van der Waals surface area contributed by atoms with Gasteiger partial charge < -0.3 is 14.6 Å². The summed E-state index contributed by atoms with van der Waals surface area (Å²) < 4.78 is 44.6. The molecule has 120 valence electrons. The highest BCUT2D eigenvalue weighted by molar-refractivity contribution is 5.02. The lowest BCUT2D eigenvalue weighted by atomic mass is 10.2. The Balaban J connectivity index is 2.01. The fraction of sp³-hybridized carbons (Fsp3) is 0.833. The Labute approximate surface area is 121 Å². The van der Waals surface area contributed by atoms with Gasteiger partial charge in [-0.3, -0.25) is 4.90 Å². The van der Waals surface area contributed by atoms with Gasteiger partial charge in [-0.15, -0.1) is 10.2 Å². The van der Waals surface area contributed by atoms with Crippen molar-refractivity contribution in [1.82, 2.24) is 25.0 Å². The van der Waals surface area contributed by atoms with Crippen LogP contribution in [0.25, 0.3) is 0 Å². The minimum absolute atomic E-state index is 0.150. The summed E-state index contributed by atoms with van der Waals surface area (Å²) >= 11 is 0. The van der Waals surface area contributed by atoms with Crippen molar-refractivity contribution in [3.05, 3.63) is 11.6 Å². The summed E-state index contributed by atoms with van der Waals surface area (Å²) in [6.45, 7) is 5.25. The Morgan fingerprint density at radius 3 is 2.71 bits per heavy atom. The van der Waals surface area contributed by atoms with Crippen LogP contribution in [0.3, 0.4) is 0 Å². The van der Waals surface area contributed by atoms with Gasteiger partial charge in [0.2, 0.25) is 5.82 Å². The molecule has 0 aliphatic carbocycles. The molecule has 9 heteroatoms. The largest absolute Gasteiger partial charge is 0.451 e. The van der Waals surface area contributed by atoms with Gasteiger partial charge in [-0.2, -0.15) is 13.2 Å². The van der Waals surface area contributed by atoms with E-state index >= 15 is 0 Å². The highest BCUT2D eigenvalue weighted by Crippen LogP contribution is 2.29. The van der Waals surface area contributed by atoms with E-state index in [1.807, 2.05) is 6.92 Å². The molecule has 1 aromatic heterocycles. The Bertz CT molecular complexity index is 456. The minimum atomic E-state index is -4.45. The van der Waals surface area contributed by atoms with Gasteiger partial charge in [0.1, 0.15) is 5.82 Å². The third kappa shape index (κ3) is 3.92. The molecule has 0 fully saturated rings. The van der Waals surface area contributed by atoms with E-state index < -0.39 is 12.0 Å². The van der Waals surface area contributed by atoms with Gasteiger partial charge in [0.25, 0.3) is 0 Å². The summed E-state index contributed by atoms with van der Waals surface area (Å²) in [5, 5.41) is 10.2. The molecule has 0 amide bonds. The van der Waals surface area contributed by atoms with Crippen molar-refractivity contribution in [2.24, 2.45) is 0 Å². The number of rotatable bonds is 6. The highest BCUT2D eigenvalue weighted by atomic mass is 19.4. The third-order valence-electron chi connectivity index (χ3n) is 3.43. The maximum absolute atomic E-state index is 12.8. The van der Waals surface area contributed by atoms with E-state index in [0.29, 0.717) is 32.1 Å². The molecule has 0 spiro atoms. The molecular formula is C12H20F3N5O. The number of likely N-dealkylation sites (N-methyl/N-ethyl adjacent to an activating group) is 1. The summed E-state index contributed by atoms with van der Waals surface area (Å²) in [5.41, 5.74) is 0. The van der Waals surface area contributed by atoms with Gasteiger partial charge in [0, 0.05) is 32.8 Å². The number of fused-ring (bicyclic) bond motifs is 1. The maximum Gasteiger partial charge on any atom is 0.451 e. The molecule has 0 aromatic carbocycles. The van der Waals surface area contributed by atoms with Crippen molar-refractivity contribution in [3.63, 3.8) is 0 Å². The maximum atomic E-state index is 12.8. The molecule has 0 radical (unpaired) electrons. The molecule has 1 N–H and O–H groups in total. The Morgan fingerprint density at radius 2 is 2.10 bits per heavy atom. The zero-order chi connectivity index (χ0) is 15.5. The topological polar surface area (TPSA) is 55.2 Å². The Kier molecular flexibility index (Phi) is 5.17. The molecule has 2 rings (SSSR count). The number of halogens is 3. The average molecular weight is 307 g/mol. The first-order chi connectivity index (χ1) is 9.95. The van der Waals surface area contributed by atoms with Gasteiger partial charge in [-0.05, 0) is 6.54 Å². The van der Waals surface area contributed by atoms with E-state index in [1.165, 1.54) is 0 Å². The summed E-state index contributed by atoms with van der Waals surface area (Å²) in [5.74, 6) is -0.543. The SMILES string of the molecule is CCNC(COC)CN1CCn2c(nnc2C(F)(F)F)C1. The minimum Gasteiger partial charge on any atom is -0.383 e. The second-order valence-electron chi connectivity index (χ2n) is 5.03. The van der Waals surface area contributed by atoms with E-state index in [1.54, 1.807) is 7.11 Å². The van der Waals surface area contributed by atoms with Crippen LogP contribution in [-0.2, 0) is 24.0 Å². The van der Waals surface area contributed by atoms with Crippen molar-refractivity contribution < 1.29 is 17.9 Å². The van der Waals surface area contributed by atoms with Gasteiger partial charge in [-0.25, -0.2) is 0 Å². The second-order valence-corrected chi connectivity index (χ2v) is 5.03. The van der Waals surface area contributed by atoms with Crippen molar-refractivity contribution in [3.8, 4) is 0 Å². The van der Waals surface area contributed by atoms with Crippen LogP contribution in [0.5, 0.6) is 0 Å². The first-order valence-electron chi connectivity index (χ1n) is 6.89. The summed E-state index contributed by atoms with van der Waals surface area (Å²) in [7, 11) is 1.63. The Morgan fingerprint density at radius 1 is 1.33 bits per heavy atom. The first-order valence-corrected chi connectivity index (χ1v) is 6.89. The van der Waals surface area contributed by atoms with Crippen molar-refractivity contribution in [2.75, 3.05) is 33.4 Å². The monoisotopic (exact) mass is 307 g/mol. The molecule has 1 atom stereocenters. The van der Waals surface area contributed by atoms with Crippen molar-refractivity contribution in [2.45, 2.75) is 32.2 Å². The van der Waals surface area contributed by atoms with Gasteiger partial charge in [0.05, 0.1) is 13.2 Å². The fourth-order valence-electron chi connectivity index (χ4n) is 2.55. The molecule has 2 heterocycles. The van der Waals surface area contributed by atoms with E-state index in [0.717, 1.165) is 11.1 Å². The molecule has 1 aromatic rings. The number of methoxy groups -OCH3 is 1. The van der Waals surface area contributed by atoms with Gasteiger partial charge >= 0.3 is 6.18 Å². The van der Waals surface area contributed by atoms with Crippen LogP contribution in [-0.4, -0.2) is 59.1 Å². The fourth-order valence-corrected chi connectivity index (χ4v) is 2.55. The predicted molar refractivity (Wildman–Crippen MR) is 69.6 cm³/mol. The van der Waals surface area contributed by atoms with E-state index in [4.69, 9.17) is 4.74 Å². The predicted octanol–water partition coefficient (Wildman–Crippen LogP) is 0.737. The van der Waals surface area contributed by atoms with E-state index in [-0.39, 0.29) is 12.6 Å². The third-order valence-corrected chi connectivity index (χ3v) is 3.43. The number of hydrogen-bond donors (Lipinski definition) is 1. The van der Waals surface area contributed by atoms with Crippen LogP contribution in [0, 0.1) is 0 Å². The lowest BCUT2D eigenvalue weighted by Gasteiger charge is -2.31. The van der Waals surface area contributed by atoms with Crippen LogP contribution in [0.1, 0.15) is 18.6 Å². The standard InChI is InChI=1S/C12H20F3N5O/c1-3-16-9(8-21-2)6-19-4-5-20-10(7-19)17-18-11(20)12(13,14)15/h9,16H,3-8H2,1-2H3. The van der Waals surface area contributed by atoms with Crippen LogP contribution in [0.4, 0.5) is 13.2 Å².